The number of nitrogens with one attached hydrogen (secondary N) is 1. The Bertz CT molecular complexity index is 1170. The monoisotopic (exact) mass is 471 g/mol. The topological polar surface area (TPSA) is 88.4 Å². The summed E-state index contributed by atoms with van der Waals surface area (Å²) in [7, 11) is 3.22. The van der Waals surface area contributed by atoms with Crippen molar-refractivity contribution >= 4 is 36.9 Å². The van der Waals surface area contributed by atoms with Gasteiger partial charge in [0.1, 0.15) is 11.7 Å². The van der Waals surface area contributed by atoms with Gasteiger partial charge in [-0.2, -0.15) is 23.6 Å². The van der Waals surface area contributed by atoms with Gasteiger partial charge in [-0.3, -0.25) is 9.48 Å². The molecule has 1 aromatic carbocycles. The zero-order valence-electron chi connectivity index (χ0n) is 18.5. The minimum absolute atomic E-state index is 0. The summed E-state index contributed by atoms with van der Waals surface area (Å²) in [6.45, 7) is 1.83. The molecule has 0 radical (unpaired) electrons. The maximum atomic E-state index is 13.6. The molecule has 11 heteroatoms. The number of benzene rings is 1. The number of rotatable bonds is 6. The van der Waals surface area contributed by atoms with E-state index in [2.05, 4.69) is 20.3 Å². The maximum absolute atomic E-state index is 13.6. The van der Waals surface area contributed by atoms with Crippen LogP contribution in [0.3, 0.4) is 0 Å². The van der Waals surface area contributed by atoms with Crippen molar-refractivity contribution in [2.75, 3.05) is 35.8 Å². The molecular weight excluding hydrogens is 445 g/mol. The van der Waals surface area contributed by atoms with E-state index < -0.39 is 0 Å². The first-order valence-corrected chi connectivity index (χ1v) is 10.5. The van der Waals surface area contributed by atoms with E-state index >= 15 is 0 Å². The zero-order valence-corrected chi connectivity index (χ0v) is 19.5. The Kier molecular flexibility index (Phi) is 6.41. The van der Waals surface area contributed by atoms with Crippen molar-refractivity contribution in [3.8, 4) is 5.75 Å². The summed E-state index contributed by atoms with van der Waals surface area (Å²) in [5.41, 5.74) is 2.59. The second-order valence-electron chi connectivity index (χ2n) is 8.02. The highest BCUT2D eigenvalue weighted by molar-refractivity contribution is 7.59. The zero-order chi connectivity index (χ0) is 22.2. The molecule has 0 unspecified atom stereocenters. The van der Waals surface area contributed by atoms with Crippen molar-refractivity contribution in [1.82, 2.24) is 19.7 Å². The fraction of sp³-hybridized carbons (Fsp3) is 0.364. The summed E-state index contributed by atoms with van der Waals surface area (Å²) < 4.78 is 20.4. The van der Waals surface area contributed by atoms with Gasteiger partial charge in [0.05, 0.1) is 26.0 Å². The standard InChI is InChI=1S/C22H24FN7O2.H2S/c1-28-18-11-25-22(27-20(18)30-7-3-4-17(30)21(28)31)24-9-15-10-26-29(13-15)12-14-5-6-16(23)19(8-14)32-2;/h5-6,8,10-11,13,17H,3-4,7,9,12H2,1-2H3,(H,24,25,27);1H2/t17-;/m0./s1. The fourth-order valence-corrected chi connectivity index (χ4v) is 4.27. The quantitative estimate of drug-likeness (QED) is 0.591. The molecule has 0 bridgehead atoms. The lowest BCUT2D eigenvalue weighted by molar-refractivity contribution is -0.119. The van der Waals surface area contributed by atoms with Crippen LogP contribution < -0.4 is 19.9 Å². The molecular formula is C22H26FN7O2S. The molecule has 1 N–H and O–H groups in total. The number of aromatic nitrogens is 4. The number of anilines is 3. The van der Waals surface area contributed by atoms with Crippen LogP contribution in [0.4, 0.5) is 21.8 Å². The van der Waals surface area contributed by atoms with Crippen LogP contribution in [-0.4, -0.2) is 52.4 Å². The average Bonchev–Trinajstić information content (AvgIpc) is 3.47. The van der Waals surface area contributed by atoms with E-state index in [1.54, 1.807) is 41.2 Å². The molecule has 4 heterocycles. The molecule has 0 saturated carbocycles. The third-order valence-corrected chi connectivity index (χ3v) is 5.95. The summed E-state index contributed by atoms with van der Waals surface area (Å²) in [4.78, 5) is 25.3. The highest BCUT2D eigenvalue weighted by Gasteiger charge is 2.40. The van der Waals surface area contributed by atoms with Crippen molar-refractivity contribution in [1.29, 1.82) is 0 Å². The Balaban J connectivity index is 0.00000259. The van der Waals surface area contributed by atoms with E-state index in [0.29, 0.717) is 19.0 Å². The summed E-state index contributed by atoms with van der Waals surface area (Å²) in [6, 6.07) is 4.65. The van der Waals surface area contributed by atoms with Gasteiger partial charge in [-0.1, -0.05) is 6.07 Å². The van der Waals surface area contributed by atoms with Crippen LogP contribution in [0.1, 0.15) is 24.0 Å². The van der Waals surface area contributed by atoms with Crippen molar-refractivity contribution in [2.45, 2.75) is 32.0 Å². The average molecular weight is 472 g/mol. The molecule has 174 valence electrons. The molecule has 1 amide bonds. The molecule has 1 atom stereocenters. The number of carbonyl (C=O) groups excluding carboxylic acids is 1. The van der Waals surface area contributed by atoms with E-state index in [1.807, 2.05) is 6.20 Å². The van der Waals surface area contributed by atoms with E-state index in [1.165, 1.54) is 13.2 Å². The molecule has 9 nitrogen and oxygen atoms in total. The minimum Gasteiger partial charge on any atom is -0.494 e. The van der Waals surface area contributed by atoms with Crippen LogP contribution in [0.25, 0.3) is 0 Å². The fourth-order valence-electron chi connectivity index (χ4n) is 4.27. The summed E-state index contributed by atoms with van der Waals surface area (Å²) in [6.07, 6.45) is 7.23. The Labute approximate surface area is 198 Å². The van der Waals surface area contributed by atoms with Crippen LogP contribution >= 0.6 is 13.5 Å². The van der Waals surface area contributed by atoms with Crippen molar-refractivity contribution in [2.24, 2.45) is 0 Å². The van der Waals surface area contributed by atoms with E-state index in [0.717, 1.165) is 42.0 Å². The number of methoxy groups -OCH3 is 1. The van der Waals surface area contributed by atoms with Gasteiger partial charge in [-0.05, 0) is 30.5 Å². The van der Waals surface area contributed by atoms with Crippen molar-refractivity contribution < 1.29 is 13.9 Å². The lowest BCUT2D eigenvalue weighted by Gasteiger charge is -2.36. The molecule has 5 rings (SSSR count). The molecule has 1 fully saturated rings. The van der Waals surface area contributed by atoms with Crippen LogP contribution in [-0.2, 0) is 17.9 Å². The Morgan fingerprint density at radius 1 is 1.27 bits per heavy atom. The van der Waals surface area contributed by atoms with Gasteiger partial charge in [-0.25, -0.2) is 9.37 Å². The van der Waals surface area contributed by atoms with Crippen LogP contribution in [0, 0.1) is 5.82 Å². The number of nitrogens with zero attached hydrogens (tertiary/aromatic N) is 6. The van der Waals surface area contributed by atoms with Gasteiger partial charge in [0, 0.05) is 31.9 Å². The number of ether oxygens (including phenoxy) is 1. The van der Waals surface area contributed by atoms with Gasteiger partial charge in [0.15, 0.2) is 17.4 Å². The van der Waals surface area contributed by atoms with Crippen molar-refractivity contribution in [3.63, 3.8) is 0 Å². The third kappa shape index (κ3) is 4.32. The lowest BCUT2D eigenvalue weighted by atomic mass is 10.1. The molecule has 2 aromatic heterocycles. The van der Waals surface area contributed by atoms with Gasteiger partial charge < -0.3 is 19.9 Å². The predicted molar refractivity (Wildman–Crippen MR) is 128 cm³/mol. The number of hydrogen-bond acceptors (Lipinski definition) is 7. The SMILES string of the molecule is COc1cc(Cn2cc(CNc3ncc4c(n3)N3CCC[C@H]3C(=O)N4C)cn2)ccc1F.S. The van der Waals surface area contributed by atoms with Gasteiger partial charge >= 0.3 is 0 Å². The van der Waals surface area contributed by atoms with E-state index in [4.69, 9.17) is 9.72 Å². The van der Waals surface area contributed by atoms with Gasteiger partial charge in [0.2, 0.25) is 11.9 Å². The largest absolute Gasteiger partial charge is 0.494 e. The molecule has 0 aliphatic carbocycles. The molecule has 3 aromatic rings. The highest BCUT2D eigenvalue weighted by atomic mass is 32.1. The van der Waals surface area contributed by atoms with E-state index in [-0.39, 0.29) is 37.0 Å². The summed E-state index contributed by atoms with van der Waals surface area (Å²) in [5, 5.41) is 7.63. The Hall–Kier alpha value is -3.34. The smallest absolute Gasteiger partial charge is 0.249 e. The highest BCUT2D eigenvalue weighted by Crippen LogP contribution is 2.37. The second kappa shape index (κ2) is 9.26. The van der Waals surface area contributed by atoms with Crippen LogP contribution in [0.5, 0.6) is 5.75 Å². The number of carbonyl (C=O) groups is 1. The second-order valence-corrected chi connectivity index (χ2v) is 8.02. The first-order chi connectivity index (χ1) is 15.5. The first kappa shape index (κ1) is 22.8. The Morgan fingerprint density at radius 2 is 2.12 bits per heavy atom. The molecule has 0 spiro atoms. The van der Waals surface area contributed by atoms with Gasteiger partial charge in [-0.15, -0.1) is 0 Å². The number of likely N-dealkylation sites (N-methyl/N-ethyl adjacent to an activating group) is 1. The summed E-state index contributed by atoms with van der Waals surface area (Å²) in [5.74, 6) is 1.24. The van der Waals surface area contributed by atoms with Crippen molar-refractivity contribution in [3.05, 3.63) is 53.7 Å². The lowest BCUT2D eigenvalue weighted by Crippen LogP contribution is -2.49. The van der Waals surface area contributed by atoms with Crippen LogP contribution in [0.2, 0.25) is 0 Å². The normalized spacial score (nSPS) is 16.8. The number of hydrogen-bond donors (Lipinski definition) is 1. The third-order valence-electron chi connectivity index (χ3n) is 5.95. The number of fused-ring (bicyclic) bond motifs is 3. The summed E-state index contributed by atoms with van der Waals surface area (Å²) >= 11 is 0. The van der Waals surface area contributed by atoms with Crippen LogP contribution in [0.15, 0.2) is 36.8 Å². The molecule has 2 aliphatic heterocycles. The minimum atomic E-state index is -0.387. The number of amides is 1. The maximum Gasteiger partial charge on any atom is 0.249 e. The van der Waals surface area contributed by atoms with E-state index in [9.17, 15) is 9.18 Å². The molecule has 33 heavy (non-hydrogen) atoms. The predicted octanol–water partition coefficient (Wildman–Crippen LogP) is 2.54. The molecule has 2 aliphatic rings. The number of halogens is 1. The molecule has 1 saturated heterocycles. The Morgan fingerprint density at radius 3 is 2.94 bits per heavy atom. The van der Waals surface area contributed by atoms with Gasteiger partial charge in [0.25, 0.3) is 0 Å². The first-order valence-electron chi connectivity index (χ1n) is 10.5.